The van der Waals surface area contributed by atoms with Crippen molar-refractivity contribution in [3.05, 3.63) is 47.1 Å². The Morgan fingerprint density at radius 1 is 1.30 bits per heavy atom. The lowest BCUT2D eigenvalue weighted by molar-refractivity contribution is 0.823. The van der Waals surface area contributed by atoms with Crippen molar-refractivity contribution in [2.75, 3.05) is 5.32 Å². The molecule has 20 heavy (non-hydrogen) atoms. The van der Waals surface area contributed by atoms with Crippen LogP contribution in [-0.2, 0) is 13.0 Å². The number of aryl methyl sites for hydroxylation is 1. The van der Waals surface area contributed by atoms with Gasteiger partial charge in [0.2, 0.25) is 5.65 Å². The number of nitrogens with one attached hydrogen (secondary N) is 1. The molecular formula is C13H13ClN6. The lowest BCUT2D eigenvalue weighted by Gasteiger charge is -2.07. The molecule has 0 aliphatic rings. The third kappa shape index (κ3) is 2.42. The van der Waals surface area contributed by atoms with Gasteiger partial charge in [0.15, 0.2) is 11.0 Å². The van der Waals surface area contributed by atoms with E-state index in [1.54, 1.807) is 16.8 Å². The molecule has 0 fully saturated rings. The van der Waals surface area contributed by atoms with Crippen LogP contribution in [0.25, 0.3) is 5.65 Å². The highest BCUT2D eigenvalue weighted by atomic mass is 35.5. The quantitative estimate of drug-likeness (QED) is 0.798. The standard InChI is InChI=1S/C13H13ClN6/c1-2-12-17-18-13-10(7-11(14)19-20(12)13)16-8-9-5-3-4-6-15-9/h3-7,16H,2,8H2,1H3. The van der Waals surface area contributed by atoms with Gasteiger partial charge < -0.3 is 5.32 Å². The number of pyridine rings is 1. The van der Waals surface area contributed by atoms with E-state index in [1.165, 1.54) is 0 Å². The van der Waals surface area contributed by atoms with Gasteiger partial charge in [-0.2, -0.15) is 9.61 Å². The van der Waals surface area contributed by atoms with Gasteiger partial charge in [-0.05, 0) is 12.1 Å². The molecule has 3 heterocycles. The fraction of sp³-hybridized carbons (Fsp3) is 0.231. The van der Waals surface area contributed by atoms with E-state index in [0.29, 0.717) is 17.3 Å². The molecule has 0 spiro atoms. The van der Waals surface area contributed by atoms with Gasteiger partial charge in [0, 0.05) is 18.7 Å². The largest absolute Gasteiger partial charge is 0.376 e. The van der Waals surface area contributed by atoms with Gasteiger partial charge in [-0.3, -0.25) is 4.98 Å². The number of fused-ring (bicyclic) bond motifs is 1. The molecule has 0 aliphatic carbocycles. The molecule has 0 bridgehead atoms. The molecule has 102 valence electrons. The molecule has 7 heteroatoms. The van der Waals surface area contributed by atoms with Crippen LogP contribution in [0.5, 0.6) is 0 Å². The van der Waals surface area contributed by atoms with Gasteiger partial charge in [-0.1, -0.05) is 24.6 Å². The first-order valence-corrected chi connectivity index (χ1v) is 6.70. The first-order valence-electron chi connectivity index (χ1n) is 6.32. The maximum atomic E-state index is 6.05. The fourth-order valence-corrected chi connectivity index (χ4v) is 2.12. The predicted molar refractivity (Wildman–Crippen MR) is 76.7 cm³/mol. The van der Waals surface area contributed by atoms with Gasteiger partial charge in [0.1, 0.15) is 0 Å². The highest BCUT2D eigenvalue weighted by molar-refractivity contribution is 6.29. The van der Waals surface area contributed by atoms with E-state index in [0.717, 1.165) is 23.6 Å². The Balaban J connectivity index is 1.93. The van der Waals surface area contributed by atoms with Crippen LogP contribution in [0.2, 0.25) is 5.15 Å². The second-order valence-electron chi connectivity index (χ2n) is 4.26. The van der Waals surface area contributed by atoms with Crippen molar-refractivity contribution in [3.8, 4) is 0 Å². The molecule has 1 N–H and O–H groups in total. The summed E-state index contributed by atoms with van der Waals surface area (Å²) in [4.78, 5) is 4.26. The first kappa shape index (κ1) is 12.8. The number of aromatic nitrogens is 5. The number of anilines is 1. The maximum absolute atomic E-state index is 6.05. The van der Waals surface area contributed by atoms with Crippen LogP contribution in [0.1, 0.15) is 18.4 Å². The minimum atomic E-state index is 0.399. The van der Waals surface area contributed by atoms with Crippen molar-refractivity contribution in [3.63, 3.8) is 0 Å². The average Bonchev–Trinajstić information content (AvgIpc) is 2.88. The molecule has 0 unspecified atom stereocenters. The average molecular weight is 289 g/mol. The molecule has 0 aromatic carbocycles. The minimum Gasteiger partial charge on any atom is -0.376 e. The van der Waals surface area contributed by atoms with Gasteiger partial charge in [0.05, 0.1) is 17.9 Å². The van der Waals surface area contributed by atoms with Crippen molar-refractivity contribution in [1.82, 2.24) is 24.8 Å². The molecule has 0 atom stereocenters. The molecule has 0 radical (unpaired) electrons. The normalized spacial score (nSPS) is 10.9. The van der Waals surface area contributed by atoms with E-state index in [4.69, 9.17) is 11.6 Å². The zero-order chi connectivity index (χ0) is 13.9. The van der Waals surface area contributed by atoms with Gasteiger partial charge in [-0.25, -0.2) is 0 Å². The van der Waals surface area contributed by atoms with E-state index < -0.39 is 0 Å². The fourth-order valence-electron chi connectivity index (χ4n) is 1.93. The van der Waals surface area contributed by atoms with E-state index in [1.807, 2.05) is 25.1 Å². The predicted octanol–water partition coefficient (Wildman–Crippen LogP) is 2.35. The summed E-state index contributed by atoms with van der Waals surface area (Å²) in [6, 6.07) is 7.53. The first-order chi connectivity index (χ1) is 9.78. The Morgan fingerprint density at radius 2 is 2.20 bits per heavy atom. The Hall–Kier alpha value is -2.21. The highest BCUT2D eigenvalue weighted by Crippen LogP contribution is 2.19. The summed E-state index contributed by atoms with van der Waals surface area (Å²) in [5, 5.41) is 16.2. The van der Waals surface area contributed by atoms with Crippen LogP contribution in [0.4, 0.5) is 5.69 Å². The SMILES string of the molecule is CCc1nnc2c(NCc3ccccn3)cc(Cl)nn12. The van der Waals surface area contributed by atoms with Crippen molar-refractivity contribution in [1.29, 1.82) is 0 Å². The van der Waals surface area contributed by atoms with E-state index in [2.05, 4.69) is 25.6 Å². The molecule has 0 aliphatic heterocycles. The number of halogens is 1. The highest BCUT2D eigenvalue weighted by Gasteiger charge is 2.11. The summed E-state index contributed by atoms with van der Waals surface area (Å²) in [6.07, 6.45) is 2.51. The number of nitrogens with zero attached hydrogens (tertiary/aromatic N) is 5. The van der Waals surface area contributed by atoms with Crippen molar-refractivity contribution in [2.45, 2.75) is 19.9 Å². The summed E-state index contributed by atoms with van der Waals surface area (Å²) < 4.78 is 1.67. The van der Waals surface area contributed by atoms with Crippen LogP contribution in [0.15, 0.2) is 30.5 Å². The Morgan fingerprint density at radius 3 is 2.95 bits per heavy atom. The Bertz CT molecular complexity index is 724. The summed E-state index contributed by atoms with van der Waals surface area (Å²) in [5.74, 6) is 0.781. The summed E-state index contributed by atoms with van der Waals surface area (Å²) >= 11 is 6.05. The molecule has 0 saturated carbocycles. The number of rotatable bonds is 4. The van der Waals surface area contributed by atoms with E-state index in [9.17, 15) is 0 Å². The lowest BCUT2D eigenvalue weighted by Crippen LogP contribution is -2.05. The summed E-state index contributed by atoms with van der Waals surface area (Å²) in [7, 11) is 0. The maximum Gasteiger partial charge on any atom is 0.201 e. The van der Waals surface area contributed by atoms with Crippen molar-refractivity contribution in [2.24, 2.45) is 0 Å². The molecule has 6 nitrogen and oxygen atoms in total. The third-order valence-corrected chi connectivity index (χ3v) is 3.09. The second kappa shape index (κ2) is 5.42. The van der Waals surface area contributed by atoms with Gasteiger partial charge >= 0.3 is 0 Å². The van der Waals surface area contributed by atoms with Crippen molar-refractivity contribution < 1.29 is 0 Å². The molecule has 3 rings (SSSR count). The van der Waals surface area contributed by atoms with Gasteiger partial charge in [-0.15, -0.1) is 10.2 Å². The molecular weight excluding hydrogens is 276 g/mol. The molecule has 3 aromatic heterocycles. The molecule has 0 saturated heterocycles. The van der Waals surface area contributed by atoms with Crippen LogP contribution in [-0.4, -0.2) is 24.8 Å². The molecule has 0 amide bonds. The zero-order valence-corrected chi connectivity index (χ0v) is 11.7. The number of hydrogen-bond donors (Lipinski definition) is 1. The van der Waals surface area contributed by atoms with Crippen LogP contribution in [0.3, 0.4) is 0 Å². The monoisotopic (exact) mass is 288 g/mol. The van der Waals surface area contributed by atoms with Crippen LogP contribution in [0, 0.1) is 0 Å². The molecule has 3 aromatic rings. The van der Waals surface area contributed by atoms with Crippen LogP contribution < -0.4 is 5.32 Å². The second-order valence-corrected chi connectivity index (χ2v) is 4.65. The topological polar surface area (TPSA) is 68.0 Å². The van der Waals surface area contributed by atoms with Crippen LogP contribution >= 0.6 is 11.6 Å². The minimum absolute atomic E-state index is 0.399. The Labute approximate surface area is 120 Å². The smallest absolute Gasteiger partial charge is 0.201 e. The lowest BCUT2D eigenvalue weighted by atomic mass is 10.3. The van der Waals surface area contributed by atoms with E-state index in [-0.39, 0.29) is 0 Å². The Kier molecular flexibility index (Phi) is 3.47. The number of hydrogen-bond acceptors (Lipinski definition) is 5. The zero-order valence-electron chi connectivity index (χ0n) is 10.9. The third-order valence-electron chi connectivity index (χ3n) is 2.91. The van der Waals surface area contributed by atoms with E-state index >= 15 is 0 Å². The van der Waals surface area contributed by atoms with Crippen molar-refractivity contribution >= 4 is 22.9 Å². The summed E-state index contributed by atoms with van der Waals surface area (Å²) in [5.41, 5.74) is 2.40. The van der Waals surface area contributed by atoms with Gasteiger partial charge in [0.25, 0.3) is 0 Å². The summed E-state index contributed by atoms with van der Waals surface area (Å²) in [6.45, 7) is 2.59.